The minimum absolute atomic E-state index is 0.00907. The van der Waals surface area contributed by atoms with Gasteiger partial charge in [-0.3, -0.25) is 9.59 Å². The molecule has 0 N–H and O–H groups in total. The first-order valence-corrected chi connectivity index (χ1v) is 14.0. The Bertz CT molecular complexity index is 966. The molecule has 8 aliphatic rings. The number of ether oxygens (including phenoxy) is 4. The predicted octanol–water partition coefficient (Wildman–Crippen LogP) is 3.96. The van der Waals surface area contributed by atoms with E-state index >= 15 is 0 Å². The van der Waals surface area contributed by atoms with Gasteiger partial charge >= 0.3 is 5.97 Å². The molecule has 0 aromatic heterocycles. The lowest BCUT2D eigenvalue weighted by Gasteiger charge is -2.67. The van der Waals surface area contributed by atoms with Crippen LogP contribution in [0.3, 0.4) is 0 Å². The summed E-state index contributed by atoms with van der Waals surface area (Å²) in [5, 5.41) is 0. The molecule has 0 amide bonds. The molecular weight excluding hydrogens is 444 g/mol. The van der Waals surface area contributed by atoms with Crippen molar-refractivity contribution in [3.05, 3.63) is 11.6 Å². The van der Waals surface area contributed by atoms with Crippen molar-refractivity contribution in [2.45, 2.75) is 71.5 Å². The minimum Gasteiger partial charge on any atom is -0.463 e. The number of allylic oxidation sites excluding steroid dienone is 2. The van der Waals surface area contributed by atoms with Gasteiger partial charge in [0.15, 0.2) is 5.78 Å². The third-order valence-electron chi connectivity index (χ3n) is 11.8. The van der Waals surface area contributed by atoms with Crippen LogP contribution >= 0.6 is 0 Å². The fourth-order valence-corrected chi connectivity index (χ4v) is 10.2. The monoisotopic (exact) mass is 484 g/mol. The molecule has 0 aromatic rings. The summed E-state index contributed by atoms with van der Waals surface area (Å²) in [7, 11) is 0. The molecule has 4 bridgehead atoms. The Morgan fingerprint density at radius 3 is 2.54 bits per heavy atom. The summed E-state index contributed by atoms with van der Waals surface area (Å²) < 4.78 is 22.1. The molecule has 35 heavy (non-hydrogen) atoms. The largest absolute Gasteiger partial charge is 0.463 e. The summed E-state index contributed by atoms with van der Waals surface area (Å²) in [6.45, 7) is 9.71. The van der Waals surface area contributed by atoms with Crippen molar-refractivity contribution in [1.29, 1.82) is 0 Å². The van der Waals surface area contributed by atoms with E-state index in [1.807, 2.05) is 0 Å². The van der Waals surface area contributed by atoms with Gasteiger partial charge in [0, 0.05) is 5.41 Å². The van der Waals surface area contributed by atoms with Crippen LogP contribution in [-0.2, 0) is 28.5 Å². The average molecular weight is 485 g/mol. The maximum atomic E-state index is 13.6. The van der Waals surface area contributed by atoms with Gasteiger partial charge in [-0.15, -0.1) is 0 Å². The second-order valence-corrected chi connectivity index (χ2v) is 13.3. The molecule has 10 unspecified atom stereocenters. The maximum Gasteiger partial charge on any atom is 0.309 e. The average Bonchev–Trinajstić information content (AvgIpc) is 3.76. The molecule has 2 aliphatic heterocycles. The molecule has 6 nitrogen and oxygen atoms in total. The van der Waals surface area contributed by atoms with E-state index in [0.717, 1.165) is 45.3 Å². The Morgan fingerprint density at radius 2 is 1.80 bits per heavy atom. The van der Waals surface area contributed by atoms with Crippen LogP contribution in [0.4, 0.5) is 0 Å². The van der Waals surface area contributed by atoms with E-state index in [0.29, 0.717) is 42.8 Å². The third kappa shape index (κ3) is 3.18. The van der Waals surface area contributed by atoms with Gasteiger partial charge < -0.3 is 18.9 Å². The van der Waals surface area contributed by atoms with E-state index in [-0.39, 0.29) is 52.7 Å². The molecule has 1 spiro atoms. The summed E-state index contributed by atoms with van der Waals surface area (Å²) >= 11 is 0. The van der Waals surface area contributed by atoms with Crippen molar-refractivity contribution in [2.75, 3.05) is 33.0 Å². The standard InChI is InChI=1S/C29H40O6/c1-16-20-10-29-8-5-21-27(2,6-4-7-28(21,3)23(30)15-32-11-17-12-33-17)22(29)9-19(20)24(25(16)29)26(31)35-14-18-13-34-18/h10,16-19,21-22,24-25H,4-9,11-15H2,1-3H3/t16?,17-,18?,19?,21?,22?,24?,25?,27?,28?,29?/m0/s1. The van der Waals surface area contributed by atoms with Crippen LogP contribution in [0, 0.1) is 51.8 Å². The predicted molar refractivity (Wildman–Crippen MR) is 127 cm³/mol. The first kappa shape index (κ1) is 22.9. The van der Waals surface area contributed by atoms with Gasteiger partial charge in [0.25, 0.3) is 0 Å². The summed E-state index contributed by atoms with van der Waals surface area (Å²) in [6, 6.07) is 0. The summed E-state index contributed by atoms with van der Waals surface area (Å²) in [5.74, 6) is 2.37. The molecule has 11 atom stereocenters. The van der Waals surface area contributed by atoms with Gasteiger partial charge in [-0.1, -0.05) is 38.8 Å². The second kappa shape index (κ2) is 7.64. The lowest BCUT2D eigenvalue weighted by molar-refractivity contribution is -0.189. The van der Waals surface area contributed by atoms with Crippen LogP contribution in [0.1, 0.15) is 59.3 Å². The zero-order valence-electron chi connectivity index (χ0n) is 21.4. The molecule has 192 valence electrons. The molecule has 2 heterocycles. The topological polar surface area (TPSA) is 77.7 Å². The number of esters is 1. The lowest BCUT2D eigenvalue weighted by Crippen LogP contribution is -2.63. The first-order chi connectivity index (χ1) is 16.8. The van der Waals surface area contributed by atoms with Gasteiger partial charge in [0.1, 0.15) is 25.4 Å². The van der Waals surface area contributed by atoms with E-state index in [1.54, 1.807) is 0 Å². The van der Waals surface area contributed by atoms with Crippen molar-refractivity contribution < 1.29 is 28.5 Å². The van der Waals surface area contributed by atoms with E-state index in [9.17, 15) is 9.59 Å². The number of fused-ring (bicyclic) bond motifs is 1. The number of hydrogen-bond acceptors (Lipinski definition) is 6. The SMILES string of the molecule is CC1C2=CC34CCC5C(C)(C(=O)COC[C@H]6CO6)CCCC5(C)C3CC2C(C(=O)OCC2CO2)C14. The van der Waals surface area contributed by atoms with Gasteiger partial charge in [-0.05, 0) is 72.5 Å². The number of carbonyl (C=O) groups excluding carboxylic acids is 2. The highest BCUT2D eigenvalue weighted by Gasteiger charge is 2.73. The normalized spacial score (nSPS) is 52.5. The van der Waals surface area contributed by atoms with Crippen molar-refractivity contribution >= 4 is 11.8 Å². The summed E-state index contributed by atoms with van der Waals surface area (Å²) in [4.78, 5) is 26.9. The third-order valence-corrected chi connectivity index (χ3v) is 11.8. The van der Waals surface area contributed by atoms with Crippen molar-refractivity contribution in [2.24, 2.45) is 51.8 Å². The van der Waals surface area contributed by atoms with Crippen molar-refractivity contribution in [1.82, 2.24) is 0 Å². The number of carbonyl (C=O) groups is 2. The molecular formula is C29H40O6. The number of epoxide rings is 2. The smallest absolute Gasteiger partial charge is 0.309 e. The van der Waals surface area contributed by atoms with E-state index in [4.69, 9.17) is 18.9 Å². The minimum atomic E-state index is -0.319. The maximum absolute atomic E-state index is 13.6. The number of ketones is 1. The van der Waals surface area contributed by atoms with Crippen LogP contribution in [0.2, 0.25) is 0 Å². The van der Waals surface area contributed by atoms with E-state index < -0.39 is 0 Å². The Balaban J connectivity index is 1.14. The highest BCUT2D eigenvalue weighted by molar-refractivity contribution is 5.86. The lowest BCUT2D eigenvalue weighted by atomic mass is 9.37. The molecule has 6 fully saturated rings. The number of Topliss-reactive ketones (excluding diaryl/α,β-unsaturated/α-hetero) is 1. The molecule has 2 saturated heterocycles. The number of hydrogen-bond donors (Lipinski definition) is 0. The fraction of sp³-hybridized carbons (Fsp3) is 0.862. The molecule has 4 saturated carbocycles. The van der Waals surface area contributed by atoms with Crippen molar-refractivity contribution in [3.63, 3.8) is 0 Å². The van der Waals surface area contributed by atoms with E-state index in [2.05, 4.69) is 26.8 Å². The second-order valence-electron chi connectivity index (χ2n) is 13.3. The first-order valence-electron chi connectivity index (χ1n) is 14.0. The van der Waals surface area contributed by atoms with Gasteiger partial charge in [-0.2, -0.15) is 0 Å². The Morgan fingerprint density at radius 1 is 1.06 bits per heavy atom. The zero-order valence-corrected chi connectivity index (χ0v) is 21.4. The molecule has 6 heteroatoms. The zero-order chi connectivity index (χ0) is 24.2. The van der Waals surface area contributed by atoms with Crippen molar-refractivity contribution in [3.8, 4) is 0 Å². The fourth-order valence-electron chi connectivity index (χ4n) is 10.2. The Labute approximate surface area is 208 Å². The molecule has 0 aromatic carbocycles. The Kier molecular flexibility index (Phi) is 5.00. The van der Waals surface area contributed by atoms with Gasteiger partial charge in [-0.25, -0.2) is 0 Å². The summed E-state index contributed by atoms with van der Waals surface area (Å²) in [6.07, 6.45) is 9.44. The van der Waals surface area contributed by atoms with Crippen LogP contribution in [0.5, 0.6) is 0 Å². The van der Waals surface area contributed by atoms with Gasteiger partial charge in [0.2, 0.25) is 0 Å². The summed E-state index contributed by atoms with van der Waals surface area (Å²) in [5.41, 5.74) is 1.43. The molecule has 0 radical (unpaired) electrons. The van der Waals surface area contributed by atoms with Crippen LogP contribution in [0.15, 0.2) is 11.6 Å². The Hall–Kier alpha value is -1.24. The van der Waals surface area contributed by atoms with Crippen LogP contribution in [0.25, 0.3) is 0 Å². The quantitative estimate of drug-likeness (QED) is 0.295. The highest BCUT2D eigenvalue weighted by atomic mass is 16.6. The highest BCUT2D eigenvalue weighted by Crippen LogP contribution is 2.78. The number of rotatable bonds is 8. The molecule has 6 aliphatic carbocycles. The van der Waals surface area contributed by atoms with E-state index in [1.165, 1.54) is 12.0 Å². The van der Waals surface area contributed by atoms with Crippen LogP contribution < -0.4 is 0 Å². The van der Waals surface area contributed by atoms with Gasteiger partial charge in [0.05, 0.1) is 25.7 Å². The molecule has 8 rings (SSSR count). The van der Waals surface area contributed by atoms with Crippen LogP contribution in [-0.4, -0.2) is 57.0 Å².